The van der Waals surface area contributed by atoms with E-state index in [0.29, 0.717) is 13.0 Å². The molecule has 1 saturated heterocycles. The third-order valence-corrected chi connectivity index (χ3v) is 2.98. The lowest BCUT2D eigenvalue weighted by Crippen LogP contribution is -2.38. The van der Waals surface area contributed by atoms with E-state index in [-0.39, 0.29) is 17.8 Å². The zero-order chi connectivity index (χ0) is 13.3. The van der Waals surface area contributed by atoms with Crippen molar-refractivity contribution in [3.05, 3.63) is 35.6 Å². The molecule has 0 saturated carbocycles. The SMILES string of the molecule is CC(C)(C)C(=O)N1OCC[C@H]1c1cccc(F)c1. The van der Waals surface area contributed by atoms with Crippen molar-refractivity contribution in [3.8, 4) is 0 Å². The van der Waals surface area contributed by atoms with E-state index >= 15 is 0 Å². The van der Waals surface area contributed by atoms with Crippen molar-refractivity contribution in [2.24, 2.45) is 5.41 Å². The first-order chi connectivity index (χ1) is 8.39. The quantitative estimate of drug-likeness (QED) is 0.767. The Labute approximate surface area is 106 Å². The minimum atomic E-state index is -0.504. The zero-order valence-corrected chi connectivity index (χ0v) is 10.9. The molecule has 0 aliphatic carbocycles. The number of hydroxylamine groups is 2. The first-order valence-corrected chi connectivity index (χ1v) is 6.11. The fraction of sp³-hybridized carbons (Fsp3) is 0.500. The molecule has 1 atom stereocenters. The van der Waals surface area contributed by atoms with E-state index in [1.165, 1.54) is 17.2 Å². The molecule has 1 aliphatic rings. The van der Waals surface area contributed by atoms with Crippen LogP contribution in [0.3, 0.4) is 0 Å². The zero-order valence-electron chi connectivity index (χ0n) is 10.9. The van der Waals surface area contributed by atoms with Gasteiger partial charge in [-0.2, -0.15) is 0 Å². The molecule has 98 valence electrons. The topological polar surface area (TPSA) is 29.5 Å². The van der Waals surface area contributed by atoms with Gasteiger partial charge in [-0.1, -0.05) is 32.9 Å². The van der Waals surface area contributed by atoms with Crippen LogP contribution >= 0.6 is 0 Å². The Bertz CT molecular complexity index is 453. The smallest absolute Gasteiger partial charge is 0.252 e. The van der Waals surface area contributed by atoms with E-state index in [1.54, 1.807) is 6.07 Å². The molecule has 0 spiro atoms. The van der Waals surface area contributed by atoms with E-state index < -0.39 is 5.41 Å². The second-order valence-electron chi connectivity index (χ2n) is 5.57. The maximum atomic E-state index is 13.2. The number of benzene rings is 1. The average molecular weight is 251 g/mol. The van der Waals surface area contributed by atoms with Crippen LogP contribution in [0.25, 0.3) is 0 Å². The van der Waals surface area contributed by atoms with Crippen molar-refractivity contribution in [1.29, 1.82) is 0 Å². The van der Waals surface area contributed by atoms with Crippen molar-refractivity contribution >= 4 is 5.91 Å². The van der Waals surface area contributed by atoms with Crippen LogP contribution in [0, 0.1) is 11.2 Å². The van der Waals surface area contributed by atoms with Crippen molar-refractivity contribution in [3.63, 3.8) is 0 Å². The lowest BCUT2D eigenvalue weighted by Gasteiger charge is -2.29. The van der Waals surface area contributed by atoms with E-state index in [2.05, 4.69) is 0 Å². The largest absolute Gasteiger partial charge is 0.272 e. The van der Waals surface area contributed by atoms with Gasteiger partial charge in [0.15, 0.2) is 0 Å². The summed E-state index contributed by atoms with van der Waals surface area (Å²) in [5.41, 5.74) is 0.278. The van der Waals surface area contributed by atoms with Crippen LogP contribution in [-0.2, 0) is 9.63 Å². The number of hydrogen-bond acceptors (Lipinski definition) is 2. The van der Waals surface area contributed by atoms with Crippen molar-refractivity contribution in [2.75, 3.05) is 6.61 Å². The van der Waals surface area contributed by atoms with Gasteiger partial charge < -0.3 is 0 Å². The highest BCUT2D eigenvalue weighted by Gasteiger charge is 2.37. The molecule has 1 aromatic rings. The molecular formula is C14H18FNO2. The number of nitrogens with zero attached hydrogens (tertiary/aromatic N) is 1. The summed E-state index contributed by atoms with van der Waals surface area (Å²) < 4.78 is 13.2. The summed E-state index contributed by atoms with van der Waals surface area (Å²) >= 11 is 0. The highest BCUT2D eigenvalue weighted by Crippen LogP contribution is 2.34. The maximum Gasteiger partial charge on any atom is 0.252 e. The van der Waals surface area contributed by atoms with Crippen LogP contribution < -0.4 is 0 Å². The monoisotopic (exact) mass is 251 g/mol. The van der Waals surface area contributed by atoms with E-state index in [1.807, 2.05) is 26.8 Å². The first kappa shape index (κ1) is 13.0. The van der Waals surface area contributed by atoms with Crippen molar-refractivity contribution in [2.45, 2.75) is 33.2 Å². The minimum Gasteiger partial charge on any atom is -0.272 e. The van der Waals surface area contributed by atoms with Crippen LogP contribution in [0.5, 0.6) is 0 Å². The van der Waals surface area contributed by atoms with Crippen LogP contribution in [0.2, 0.25) is 0 Å². The predicted octanol–water partition coefficient (Wildman–Crippen LogP) is 3.08. The summed E-state index contributed by atoms with van der Waals surface area (Å²) in [4.78, 5) is 17.7. The molecule has 0 radical (unpaired) electrons. The van der Waals surface area contributed by atoms with Gasteiger partial charge in [0.25, 0.3) is 5.91 Å². The van der Waals surface area contributed by atoms with Gasteiger partial charge in [0.05, 0.1) is 12.6 Å². The standard InChI is InChI=1S/C14H18FNO2/c1-14(2,3)13(17)16-12(7-8-18-16)10-5-4-6-11(15)9-10/h4-6,9,12H,7-8H2,1-3H3/t12-/m0/s1. The number of halogens is 1. The molecule has 0 aromatic heterocycles. The highest BCUT2D eigenvalue weighted by molar-refractivity contribution is 5.81. The molecule has 3 nitrogen and oxygen atoms in total. The molecule has 0 unspecified atom stereocenters. The molecule has 1 amide bonds. The number of hydrogen-bond donors (Lipinski definition) is 0. The summed E-state index contributed by atoms with van der Waals surface area (Å²) in [5, 5.41) is 1.40. The molecule has 0 bridgehead atoms. The van der Waals surface area contributed by atoms with Crippen molar-refractivity contribution in [1.82, 2.24) is 5.06 Å². The third kappa shape index (κ3) is 2.53. The Morgan fingerprint density at radius 2 is 2.17 bits per heavy atom. The maximum absolute atomic E-state index is 13.2. The molecule has 1 fully saturated rings. The first-order valence-electron chi connectivity index (χ1n) is 6.11. The van der Waals surface area contributed by atoms with Gasteiger partial charge in [0.1, 0.15) is 5.82 Å². The van der Waals surface area contributed by atoms with Gasteiger partial charge in [-0.25, -0.2) is 9.45 Å². The van der Waals surface area contributed by atoms with Gasteiger partial charge in [-0.15, -0.1) is 0 Å². The van der Waals surface area contributed by atoms with Gasteiger partial charge in [0.2, 0.25) is 0 Å². The van der Waals surface area contributed by atoms with Gasteiger partial charge in [0, 0.05) is 11.8 Å². The number of rotatable bonds is 1. The molecule has 1 aliphatic heterocycles. The molecule has 4 heteroatoms. The average Bonchev–Trinajstić information content (AvgIpc) is 2.75. The molecule has 0 N–H and O–H groups in total. The second-order valence-corrected chi connectivity index (χ2v) is 5.57. The van der Waals surface area contributed by atoms with E-state index in [9.17, 15) is 9.18 Å². The third-order valence-electron chi connectivity index (χ3n) is 2.98. The summed E-state index contributed by atoms with van der Waals surface area (Å²) in [7, 11) is 0. The fourth-order valence-electron chi connectivity index (χ4n) is 2.02. The Balaban J connectivity index is 2.25. The Kier molecular flexibility index (Phi) is 3.39. The predicted molar refractivity (Wildman–Crippen MR) is 66.0 cm³/mol. The van der Waals surface area contributed by atoms with Crippen molar-refractivity contribution < 1.29 is 14.0 Å². The van der Waals surface area contributed by atoms with E-state index in [4.69, 9.17) is 4.84 Å². The summed E-state index contributed by atoms with van der Waals surface area (Å²) in [6, 6.07) is 6.15. The highest BCUT2D eigenvalue weighted by atomic mass is 19.1. The van der Waals surface area contributed by atoms with Crippen LogP contribution in [0.15, 0.2) is 24.3 Å². The molecular weight excluding hydrogens is 233 g/mol. The van der Waals surface area contributed by atoms with E-state index in [0.717, 1.165) is 5.56 Å². The molecule has 2 rings (SSSR count). The Morgan fingerprint density at radius 3 is 2.78 bits per heavy atom. The fourth-order valence-corrected chi connectivity index (χ4v) is 2.02. The Hall–Kier alpha value is -1.42. The number of amides is 1. The summed E-state index contributed by atoms with van der Waals surface area (Å²) in [5.74, 6) is -0.364. The Morgan fingerprint density at radius 1 is 1.44 bits per heavy atom. The lowest BCUT2D eigenvalue weighted by atomic mass is 9.94. The van der Waals surface area contributed by atoms with Gasteiger partial charge in [-0.05, 0) is 17.7 Å². The summed E-state index contributed by atoms with van der Waals surface area (Å²) in [6.45, 7) is 6.03. The second kappa shape index (κ2) is 4.69. The molecule has 18 heavy (non-hydrogen) atoms. The van der Waals surface area contributed by atoms with Crippen LogP contribution in [-0.4, -0.2) is 17.6 Å². The normalized spacial score (nSPS) is 20.2. The van der Waals surface area contributed by atoms with Crippen LogP contribution in [0.4, 0.5) is 4.39 Å². The lowest BCUT2D eigenvalue weighted by molar-refractivity contribution is -0.186. The number of carbonyl (C=O) groups excluding carboxylic acids is 1. The molecule has 1 aromatic carbocycles. The minimum absolute atomic E-state index is 0.0748. The summed E-state index contributed by atoms with van der Waals surface area (Å²) in [6.07, 6.45) is 0.700. The van der Waals surface area contributed by atoms with Crippen LogP contribution in [0.1, 0.15) is 38.8 Å². The number of carbonyl (C=O) groups is 1. The molecule has 1 heterocycles. The van der Waals surface area contributed by atoms with Gasteiger partial charge >= 0.3 is 0 Å². The van der Waals surface area contributed by atoms with Gasteiger partial charge in [-0.3, -0.25) is 9.63 Å².